The minimum absolute atomic E-state index is 0.127. The van der Waals surface area contributed by atoms with Gasteiger partial charge in [0.2, 0.25) is 0 Å². The standard InChI is InChI=1S/C16H17N3OS/c1-3-19-13-8-5-4-7-12(13)17-16(19)21-11-15(20)14-9-6-10-18(14)2/h4-10H,3,11H2,1-2H3. The number of para-hydroxylation sites is 2. The number of fused-ring (bicyclic) bond motifs is 1. The number of hydrogen-bond acceptors (Lipinski definition) is 3. The van der Waals surface area contributed by atoms with E-state index in [4.69, 9.17) is 0 Å². The lowest BCUT2D eigenvalue weighted by Crippen LogP contribution is -2.08. The van der Waals surface area contributed by atoms with E-state index in [2.05, 4.69) is 22.5 Å². The summed E-state index contributed by atoms with van der Waals surface area (Å²) in [5.41, 5.74) is 2.84. The number of Topliss-reactive ketones (excluding diaryl/α,β-unsaturated/α-hetero) is 1. The largest absolute Gasteiger partial charge is 0.348 e. The highest BCUT2D eigenvalue weighted by molar-refractivity contribution is 7.99. The molecule has 0 unspecified atom stereocenters. The van der Waals surface area contributed by atoms with E-state index < -0.39 is 0 Å². The van der Waals surface area contributed by atoms with E-state index in [0.717, 1.165) is 28.4 Å². The highest BCUT2D eigenvalue weighted by Gasteiger charge is 2.14. The van der Waals surface area contributed by atoms with Crippen molar-refractivity contribution in [1.29, 1.82) is 0 Å². The first-order chi connectivity index (χ1) is 10.2. The van der Waals surface area contributed by atoms with Crippen molar-refractivity contribution in [2.24, 2.45) is 7.05 Å². The summed E-state index contributed by atoms with van der Waals surface area (Å²) in [5, 5.41) is 0.904. The van der Waals surface area contributed by atoms with Crippen LogP contribution in [0.2, 0.25) is 0 Å². The molecule has 0 amide bonds. The Morgan fingerprint density at radius 2 is 2.05 bits per heavy atom. The van der Waals surface area contributed by atoms with Gasteiger partial charge in [-0.1, -0.05) is 23.9 Å². The maximum absolute atomic E-state index is 12.2. The van der Waals surface area contributed by atoms with Crippen LogP contribution in [0.25, 0.3) is 11.0 Å². The SMILES string of the molecule is CCn1c(SCC(=O)c2cccn2C)nc2ccccc21. The van der Waals surface area contributed by atoms with Gasteiger partial charge in [0.25, 0.3) is 0 Å². The molecule has 0 bridgehead atoms. The third-order valence-electron chi connectivity index (χ3n) is 3.50. The minimum Gasteiger partial charge on any atom is -0.348 e. The molecule has 2 aromatic heterocycles. The van der Waals surface area contributed by atoms with Gasteiger partial charge in [0.15, 0.2) is 10.9 Å². The van der Waals surface area contributed by atoms with Gasteiger partial charge in [0.05, 0.1) is 22.5 Å². The van der Waals surface area contributed by atoms with Crippen molar-refractivity contribution < 1.29 is 4.79 Å². The van der Waals surface area contributed by atoms with Gasteiger partial charge < -0.3 is 9.13 Å². The number of imidazole rings is 1. The van der Waals surface area contributed by atoms with E-state index in [9.17, 15) is 4.79 Å². The molecule has 3 aromatic rings. The predicted molar refractivity (Wildman–Crippen MR) is 85.9 cm³/mol. The topological polar surface area (TPSA) is 39.8 Å². The van der Waals surface area contributed by atoms with Crippen LogP contribution < -0.4 is 0 Å². The highest BCUT2D eigenvalue weighted by atomic mass is 32.2. The smallest absolute Gasteiger partial charge is 0.189 e. The van der Waals surface area contributed by atoms with Gasteiger partial charge in [-0.3, -0.25) is 4.79 Å². The zero-order valence-electron chi connectivity index (χ0n) is 12.1. The molecule has 2 heterocycles. The molecule has 4 nitrogen and oxygen atoms in total. The number of carbonyl (C=O) groups excluding carboxylic acids is 1. The molecule has 0 aliphatic rings. The maximum atomic E-state index is 12.2. The van der Waals surface area contributed by atoms with Crippen LogP contribution >= 0.6 is 11.8 Å². The molecule has 0 radical (unpaired) electrons. The fraction of sp³-hybridized carbons (Fsp3) is 0.250. The molecule has 0 saturated heterocycles. The monoisotopic (exact) mass is 299 g/mol. The van der Waals surface area contributed by atoms with Crippen LogP contribution in [0.5, 0.6) is 0 Å². The Hall–Kier alpha value is -2.01. The summed E-state index contributed by atoms with van der Waals surface area (Å²) >= 11 is 1.50. The van der Waals surface area contributed by atoms with E-state index >= 15 is 0 Å². The number of carbonyl (C=O) groups is 1. The summed E-state index contributed by atoms with van der Waals surface area (Å²) in [6.45, 7) is 2.94. The first-order valence-electron chi connectivity index (χ1n) is 6.93. The number of aryl methyl sites for hydroxylation is 2. The number of thioether (sulfide) groups is 1. The molecule has 21 heavy (non-hydrogen) atoms. The highest BCUT2D eigenvalue weighted by Crippen LogP contribution is 2.24. The van der Waals surface area contributed by atoms with E-state index in [-0.39, 0.29) is 5.78 Å². The van der Waals surface area contributed by atoms with Crippen LogP contribution in [0, 0.1) is 0 Å². The molecule has 108 valence electrons. The van der Waals surface area contributed by atoms with Gasteiger partial charge in [-0.2, -0.15) is 0 Å². The van der Waals surface area contributed by atoms with E-state index in [1.807, 2.05) is 48.1 Å². The van der Waals surface area contributed by atoms with Gasteiger partial charge in [0.1, 0.15) is 0 Å². The molecule has 0 saturated carbocycles. The first-order valence-corrected chi connectivity index (χ1v) is 7.92. The average Bonchev–Trinajstić information content (AvgIpc) is 3.07. The predicted octanol–water partition coefficient (Wildman–Crippen LogP) is 3.37. The first kappa shape index (κ1) is 13.9. The number of aromatic nitrogens is 3. The third-order valence-corrected chi connectivity index (χ3v) is 4.47. The van der Waals surface area contributed by atoms with Gasteiger partial charge in [0, 0.05) is 19.8 Å². The van der Waals surface area contributed by atoms with Crippen molar-refractivity contribution in [3.63, 3.8) is 0 Å². The normalized spacial score (nSPS) is 11.1. The Labute approximate surface area is 127 Å². The van der Waals surface area contributed by atoms with Crippen molar-refractivity contribution in [3.8, 4) is 0 Å². The number of hydrogen-bond donors (Lipinski definition) is 0. The zero-order chi connectivity index (χ0) is 14.8. The van der Waals surface area contributed by atoms with Crippen molar-refractivity contribution in [1.82, 2.24) is 14.1 Å². The molecule has 1 aromatic carbocycles. The number of ketones is 1. The van der Waals surface area contributed by atoms with Crippen LogP contribution in [0.15, 0.2) is 47.8 Å². The second kappa shape index (κ2) is 5.77. The van der Waals surface area contributed by atoms with Gasteiger partial charge >= 0.3 is 0 Å². The Kier molecular flexibility index (Phi) is 3.84. The van der Waals surface area contributed by atoms with Crippen molar-refractivity contribution in [3.05, 3.63) is 48.3 Å². The van der Waals surface area contributed by atoms with Gasteiger partial charge in [-0.05, 0) is 31.2 Å². The Morgan fingerprint density at radius 3 is 2.76 bits per heavy atom. The van der Waals surface area contributed by atoms with Crippen molar-refractivity contribution >= 4 is 28.6 Å². The minimum atomic E-state index is 0.127. The molecule has 0 aliphatic carbocycles. The molecule has 0 atom stereocenters. The fourth-order valence-electron chi connectivity index (χ4n) is 2.42. The summed E-state index contributed by atoms with van der Waals surface area (Å²) < 4.78 is 4.00. The van der Waals surface area contributed by atoms with E-state index in [0.29, 0.717) is 5.75 Å². The molecule has 0 aliphatic heterocycles. The van der Waals surface area contributed by atoms with Gasteiger partial charge in [-0.25, -0.2) is 4.98 Å². The summed E-state index contributed by atoms with van der Waals surface area (Å²) in [6, 6.07) is 11.8. The lowest BCUT2D eigenvalue weighted by atomic mass is 10.3. The number of nitrogens with zero attached hydrogens (tertiary/aromatic N) is 3. The summed E-state index contributed by atoms with van der Waals surface area (Å²) in [7, 11) is 1.89. The van der Waals surface area contributed by atoms with Crippen LogP contribution in [-0.2, 0) is 13.6 Å². The molecule has 0 N–H and O–H groups in total. The van der Waals surface area contributed by atoms with Crippen molar-refractivity contribution in [2.45, 2.75) is 18.6 Å². The maximum Gasteiger partial charge on any atom is 0.189 e. The summed E-state index contributed by atoms with van der Waals surface area (Å²) in [5.74, 6) is 0.531. The quantitative estimate of drug-likeness (QED) is 0.535. The van der Waals surface area contributed by atoms with Crippen LogP contribution in [0.4, 0.5) is 0 Å². The zero-order valence-corrected chi connectivity index (χ0v) is 12.9. The lowest BCUT2D eigenvalue weighted by molar-refractivity contribution is 0.101. The number of benzene rings is 1. The lowest BCUT2D eigenvalue weighted by Gasteiger charge is -2.05. The number of rotatable bonds is 5. The Morgan fingerprint density at radius 1 is 1.24 bits per heavy atom. The molecular weight excluding hydrogens is 282 g/mol. The molecule has 0 fully saturated rings. The average molecular weight is 299 g/mol. The van der Waals surface area contributed by atoms with Crippen molar-refractivity contribution in [2.75, 3.05) is 5.75 Å². The molecule has 0 spiro atoms. The molecule has 3 rings (SSSR count). The molecule has 5 heteroatoms. The van der Waals surface area contributed by atoms with E-state index in [1.165, 1.54) is 11.8 Å². The van der Waals surface area contributed by atoms with Crippen LogP contribution in [0.3, 0.4) is 0 Å². The van der Waals surface area contributed by atoms with Crippen LogP contribution in [0.1, 0.15) is 17.4 Å². The Bertz CT molecular complexity index is 788. The second-order valence-corrected chi connectivity index (χ2v) is 5.79. The third kappa shape index (κ3) is 2.61. The Balaban J connectivity index is 1.82. The van der Waals surface area contributed by atoms with E-state index in [1.54, 1.807) is 0 Å². The van der Waals surface area contributed by atoms with Crippen LogP contribution in [-0.4, -0.2) is 25.7 Å². The fourth-order valence-corrected chi connectivity index (χ4v) is 3.38. The second-order valence-electron chi connectivity index (χ2n) is 4.84. The van der Waals surface area contributed by atoms with Gasteiger partial charge in [-0.15, -0.1) is 0 Å². The summed E-state index contributed by atoms with van der Waals surface area (Å²) in [6.07, 6.45) is 1.89. The molecular formula is C16H17N3OS. The summed E-state index contributed by atoms with van der Waals surface area (Å²) in [4.78, 5) is 16.9.